The van der Waals surface area contributed by atoms with Crippen LogP contribution in [0.25, 0.3) is 0 Å². The highest BCUT2D eigenvalue weighted by atomic mass is 127. The van der Waals surface area contributed by atoms with Crippen LogP contribution in [0.5, 0.6) is 0 Å². The number of aromatic nitrogens is 2. The van der Waals surface area contributed by atoms with Gasteiger partial charge in [-0.3, -0.25) is 19.8 Å². The third kappa shape index (κ3) is 5.97. The minimum absolute atomic E-state index is 0. The lowest BCUT2D eigenvalue weighted by Crippen LogP contribution is -2.34. The summed E-state index contributed by atoms with van der Waals surface area (Å²) in [6.07, 6.45) is 3.47. The van der Waals surface area contributed by atoms with Crippen molar-refractivity contribution in [3.05, 3.63) is 44.9 Å². The number of nitrogens with zero attached hydrogens (tertiary/aromatic N) is 4. The molecule has 2 rings (SSSR count). The number of hydrogen-bond donors (Lipinski definition) is 2. The van der Waals surface area contributed by atoms with Gasteiger partial charge >= 0.3 is 5.69 Å². The monoisotopic (exact) mass is 436 g/mol. The van der Waals surface area contributed by atoms with Crippen molar-refractivity contribution in [2.24, 2.45) is 10.7 Å². The van der Waals surface area contributed by atoms with Gasteiger partial charge in [0.2, 0.25) is 0 Å². The first-order chi connectivity index (χ1) is 10.1. The second-order valence-corrected chi connectivity index (χ2v) is 5.27. The highest BCUT2D eigenvalue weighted by molar-refractivity contribution is 14.0. The Balaban J connectivity index is 0.00000242. The molecule has 2 aromatic heterocycles. The van der Waals surface area contributed by atoms with E-state index in [0.29, 0.717) is 25.6 Å². The fraction of sp³-hybridized carbons (Fsp3) is 0.333. The quantitative estimate of drug-likeness (QED) is 0.225. The summed E-state index contributed by atoms with van der Waals surface area (Å²) >= 11 is 1.70. The average molecular weight is 436 g/mol. The fourth-order valence-corrected chi connectivity index (χ4v) is 2.36. The van der Waals surface area contributed by atoms with Gasteiger partial charge in [0.15, 0.2) is 5.96 Å². The number of hydrogen-bond acceptors (Lipinski definition) is 5. The van der Waals surface area contributed by atoms with Crippen molar-refractivity contribution in [3.63, 3.8) is 0 Å². The molecule has 3 N–H and O–H groups in total. The van der Waals surface area contributed by atoms with E-state index in [-0.39, 0.29) is 29.7 Å². The molecule has 0 spiro atoms. The van der Waals surface area contributed by atoms with Crippen LogP contribution in [0.15, 0.2) is 34.9 Å². The third-order valence-electron chi connectivity index (χ3n) is 2.70. The van der Waals surface area contributed by atoms with Gasteiger partial charge in [-0.1, -0.05) is 6.07 Å². The molecule has 22 heavy (non-hydrogen) atoms. The summed E-state index contributed by atoms with van der Waals surface area (Å²) in [5, 5.41) is 19.4. The summed E-state index contributed by atoms with van der Waals surface area (Å²) in [5.74, 6) is 0.369. The zero-order valence-corrected chi connectivity index (χ0v) is 14.9. The molecule has 0 radical (unpaired) electrons. The fourth-order valence-electron chi connectivity index (χ4n) is 1.67. The van der Waals surface area contributed by atoms with E-state index in [0.717, 1.165) is 6.42 Å². The van der Waals surface area contributed by atoms with Crippen molar-refractivity contribution in [2.45, 2.75) is 13.0 Å². The van der Waals surface area contributed by atoms with Crippen LogP contribution in [0.1, 0.15) is 4.88 Å². The van der Waals surface area contributed by atoms with Crippen molar-refractivity contribution >= 4 is 47.0 Å². The Morgan fingerprint density at radius 3 is 3.05 bits per heavy atom. The van der Waals surface area contributed by atoms with Gasteiger partial charge in [0, 0.05) is 24.4 Å². The highest BCUT2D eigenvalue weighted by Gasteiger charge is 2.07. The Labute approximate surface area is 148 Å². The highest BCUT2D eigenvalue weighted by Crippen LogP contribution is 2.08. The van der Waals surface area contributed by atoms with Gasteiger partial charge < -0.3 is 11.1 Å². The van der Waals surface area contributed by atoms with Gasteiger partial charge in [0.1, 0.15) is 12.4 Å². The number of nitro groups is 1. The SMILES string of the molecule is I.NC(=NCCc1cccs1)NCCn1cc([N+](=O)[O-])cn1. The Hall–Kier alpha value is -1.69. The van der Waals surface area contributed by atoms with Crippen LogP contribution in [-0.4, -0.2) is 33.8 Å². The van der Waals surface area contributed by atoms with Crippen LogP contribution in [-0.2, 0) is 13.0 Å². The second-order valence-electron chi connectivity index (χ2n) is 4.24. The summed E-state index contributed by atoms with van der Waals surface area (Å²) < 4.78 is 1.49. The predicted octanol–water partition coefficient (Wildman–Crippen LogP) is 1.62. The molecule has 120 valence electrons. The van der Waals surface area contributed by atoms with Crippen LogP contribution in [0.4, 0.5) is 5.69 Å². The van der Waals surface area contributed by atoms with E-state index in [9.17, 15) is 10.1 Å². The average Bonchev–Trinajstić information content (AvgIpc) is 3.09. The number of aliphatic imine (C=N–C) groups is 1. The van der Waals surface area contributed by atoms with Crippen LogP contribution in [0, 0.1) is 10.1 Å². The van der Waals surface area contributed by atoms with Gasteiger partial charge in [-0.25, -0.2) is 0 Å². The molecule has 0 amide bonds. The number of nitrogens with two attached hydrogens (primary N) is 1. The zero-order chi connectivity index (χ0) is 15.1. The first-order valence-electron chi connectivity index (χ1n) is 6.38. The Morgan fingerprint density at radius 1 is 1.59 bits per heavy atom. The molecule has 2 aromatic rings. The summed E-state index contributed by atoms with van der Waals surface area (Å²) in [6, 6.07) is 4.07. The molecule has 0 saturated heterocycles. The topological polar surface area (TPSA) is 111 Å². The molecule has 0 unspecified atom stereocenters. The smallest absolute Gasteiger partial charge is 0.306 e. The first kappa shape index (κ1) is 18.4. The molecule has 0 atom stereocenters. The summed E-state index contributed by atoms with van der Waals surface area (Å²) in [7, 11) is 0. The minimum Gasteiger partial charge on any atom is -0.370 e. The van der Waals surface area contributed by atoms with E-state index in [1.54, 1.807) is 11.3 Å². The van der Waals surface area contributed by atoms with Crippen LogP contribution < -0.4 is 11.1 Å². The molecule has 0 aliphatic heterocycles. The van der Waals surface area contributed by atoms with E-state index in [1.165, 1.54) is 22.0 Å². The number of nitrogens with one attached hydrogen (secondary N) is 1. The molecular weight excluding hydrogens is 419 g/mol. The zero-order valence-electron chi connectivity index (χ0n) is 11.7. The second kappa shape index (κ2) is 9.35. The maximum Gasteiger partial charge on any atom is 0.306 e. The standard InChI is InChI=1S/C12H16N6O2S.HI/c13-12(14-4-3-11-2-1-7-21-11)15-5-6-17-9-10(8-16-17)18(19)20;/h1-2,7-9H,3-6H2,(H3,13,14,15);1H. The summed E-state index contributed by atoms with van der Waals surface area (Å²) in [6.45, 7) is 1.62. The van der Waals surface area contributed by atoms with Gasteiger partial charge in [-0.2, -0.15) is 5.10 Å². The van der Waals surface area contributed by atoms with Gasteiger partial charge in [-0.05, 0) is 11.4 Å². The molecule has 0 bridgehead atoms. The lowest BCUT2D eigenvalue weighted by Gasteiger charge is -2.05. The largest absolute Gasteiger partial charge is 0.370 e. The van der Waals surface area contributed by atoms with Crippen molar-refractivity contribution < 1.29 is 4.92 Å². The molecule has 0 aliphatic carbocycles. The number of thiophene rings is 1. The Bertz CT molecular complexity index is 613. The van der Waals surface area contributed by atoms with Crippen LogP contribution in [0.3, 0.4) is 0 Å². The van der Waals surface area contributed by atoms with Crippen molar-refractivity contribution in [1.82, 2.24) is 15.1 Å². The van der Waals surface area contributed by atoms with E-state index >= 15 is 0 Å². The van der Waals surface area contributed by atoms with Crippen molar-refractivity contribution in [2.75, 3.05) is 13.1 Å². The van der Waals surface area contributed by atoms with E-state index in [2.05, 4.69) is 21.5 Å². The normalized spacial score (nSPS) is 11.0. The summed E-state index contributed by atoms with van der Waals surface area (Å²) in [5.41, 5.74) is 5.71. The molecule has 0 aromatic carbocycles. The Morgan fingerprint density at radius 2 is 2.41 bits per heavy atom. The molecule has 0 aliphatic rings. The maximum absolute atomic E-state index is 10.5. The lowest BCUT2D eigenvalue weighted by atomic mass is 10.3. The maximum atomic E-state index is 10.5. The van der Waals surface area contributed by atoms with Gasteiger partial charge in [0.05, 0.1) is 11.5 Å². The molecule has 2 heterocycles. The van der Waals surface area contributed by atoms with Gasteiger partial charge in [0.25, 0.3) is 0 Å². The molecule has 0 saturated carbocycles. The minimum atomic E-state index is -0.475. The molecule has 8 nitrogen and oxygen atoms in total. The Kier molecular flexibility index (Phi) is 7.80. The summed E-state index contributed by atoms with van der Waals surface area (Å²) in [4.78, 5) is 15.5. The molecule has 0 fully saturated rings. The van der Waals surface area contributed by atoms with E-state index < -0.39 is 4.92 Å². The van der Waals surface area contributed by atoms with Crippen molar-refractivity contribution in [1.29, 1.82) is 0 Å². The van der Waals surface area contributed by atoms with Gasteiger partial charge in [-0.15, -0.1) is 35.3 Å². The van der Waals surface area contributed by atoms with Crippen LogP contribution >= 0.6 is 35.3 Å². The van der Waals surface area contributed by atoms with Crippen LogP contribution in [0.2, 0.25) is 0 Å². The first-order valence-corrected chi connectivity index (χ1v) is 7.26. The van der Waals surface area contributed by atoms with E-state index in [4.69, 9.17) is 5.73 Å². The third-order valence-corrected chi connectivity index (χ3v) is 3.63. The number of halogens is 1. The lowest BCUT2D eigenvalue weighted by molar-refractivity contribution is -0.385. The molecule has 10 heteroatoms. The van der Waals surface area contributed by atoms with Crippen molar-refractivity contribution in [3.8, 4) is 0 Å². The predicted molar refractivity (Wildman–Crippen MR) is 96.8 cm³/mol. The van der Waals surface area contributed by atoms with E-state index in [1.807, 2.05) is 11.4 Å². The number of rotatable bonds is 7. The number of guanidine groups is 1. The molecular formula is C12H17IN6O2S.